The van der Waals surface area contributed by atoms with Crippen LogP contribution in [0.1, 0.15) is 45.1 Å². The number of unbranched alkanes of at least 4 members (excludes halogenated alkanes) is 2. The number of rotatable bonds is 6. The summed E-state index contributed by atoms with van der Waals surface area (Å²) in [6.07, 6.45) is 10.8. The summed E-state index contributed by atoms with van der Waals surface area (Å²) in [6, 6.07) is 4.40. The van der Waals surface area contributed by atoms with E-state index in [1.54, 1.807) is 0 Å². The van der Waals surface area contributed by atoms with Crippen LogP contribution >= 0.6 is 0 Å². The Labute approximate surface area is 99.9 Å². The van der Waals surface area contributed by atoms with E-state index in [1.807, 2.05) is 0 Å². The molecule has 0 amide bonds. The fraction of sp³-hybridized carbons (Fsp3) is 0.615. The van der Waals surface area contributed by atoms with Gasteiger partial charge in [-0.15, -0.1) is 0 Å². The van der Waals surface area contributed by atoms with Crippen LogP contribution in [0.15, 0.2) is 24.5 Å². The smallest absolute Gasteiger partial charge is 0.171 e. The standard InChI is InChI=1S/C13H22N.ClH/c1-3-5-8-13-9-7-11-14(12-13)10-6-4-2;/h7,9,11-12H,3-6,8,10H2,1-2H3;1H/q+1;/p-1. The summed E-state index contributed by atoms with van der Waals surface area (Å²) in [6.45, 7) is 5.64. The van der Waals surface area contributed by atoms with E-state index in [2.05, 4.69) is 42.9 Å². The van der Waals surface area contributed by atoms with Crippen molar-refractivity contribution >= 4 is 0 Å². The lowest BCUT2D eigenvalue weighted by Gasteiger charge is -1.99. The molecule has 1 heterocycles. The van der Waals surface area contributed by atoms with Gasteiger partial charge in [0.05, 0.1) is 0 Å². The SMILES string of the molecule is CCCCc1ccc[n+](CCCC)c1.[Cl-]. The van der Waals surface area contributed by atoms with Gasteiger partial charge in [0.15, 0.2) is 12.4 Å². The molecule has 2 heteroatoms. The fourth-order valence-electron chi connectivity index (χ4n) is 1.58. The lowest BCUT2D eigenvalue weighted by Crippen LogP contribution is -3.00. The predicted octanol–water partition coefficient (Wildman–Crippen LogP) is 0.121. The van der Waals surface area contributed by atoms with E-state index in [4.69, 9.17) is 0 Å². The third-order valence-corrected chi connectivity index (χ3v) is 2.51. The Bertz CT molecular complexity index is 237. The minimum atomic E-state index is 0. The maximum Gasteiger partial charge on any atom is 0.171 e. The minimum Gasteiger partial charge on any atom is -1.00 e. The van der Waals surface area contributed by atoms with E-state index in [1.165, 1.54) is 37.7 Å². The average Bonchev–Trinajstić information content (AvgIpc) is 2.24. The highest BCUT2D eigenvalue weighted by molar-refractivity contribution is 5.05. The molecule has 1 aromatic heterocycles. The lowest BCUT2D eigenvalue weighted by molar-refractivity contribution is -0.697. The topological polar surface area (TPSA) is 3.88 Å². The van der Waals surface area contributed by atoms with E-state index in [-0.39, 0.29) is 12.4 Å². The highest BCUT2D eigenvalue weighted by Gasteiger charge is 2.01. The third kappa shape index (κ3) is 5.78. The fourth-order valence-corrected chi connectivity index (χ4v) is 1.58. The first-order chi connectivity index (χ1) is 6.86. The minimum absolute atomic E-state index is 0. The van der Waals surface area contributed by atoms with Crippen LogP contribution in [0.25, 0.3) is 0 Å². The van der Waals surface area contributed by atoms with Crippen molar-refractivity contribution in [3.05, 3.63) is 30.1 Å². The molecule has 1 rings (SSSR count). The van der Waals surface area contributed by atoms with Gasteiger partial charge in [0, 0.05) is 18.1 Å². The van der Waals surface area contributed by atoms with Gasteiger partial charge in [-0.1, -0.05) is 26.7 Å². The quantitative estimate of drug-likeness (QED) is 0.608. The summed E-state index contributed by atoms with van der Waals surface area (Å²) in [5.41, 5.74) is 1.48. The number of halogens is 1. The van der Waals surface area contributed by atoms with Gasteiger partial charge in [-0.05, 0) is 18.9 Å². The van der Waals surface area contributed by atoms with Crippen LogP contribution in [-0.2, 0) is 13.0 Å². The van der Waals surface area contributed by atoms with Crippen LogP contribution in [0.4, 0.5) is 0 Å². The molecule has 0 unspecified atom stereocenters. The van der Waals surface area contributed by atoms with Gasteiger partial charge in [-0.25, -0.2) is 4.57 Å². The van der Waals surface area contributed by atoms with Crippen molar-refractivity contribution in [3.63, 3.8) is 0 Å². The van der Waals surface area contributed by atoms with Crippen molar-refractivity contribution in [2.45, 2.75) is 52.5 Å². The zero-order valence-corrected chi connectivity index (χ0v) is 10.6. The Morgan fingerprint density at radius 2 is 1.87 bits per heavy atom. The zero-order valence-electron chi connectivity index (χ0n) is 9.88. The van der Waals surface area contributed by atoms with E-state index < -0.39 is 0 Å². The summed E-state index contributed by atoms with van der Waals surface area (Å²) in [5, 5.41) is 0. The number of aromatic nitrogens is 1. The molecule has 86 valence electrons. The summed E-state index contributed by atoms with van der Waals surface area (Å²) >= 11 is 0. The molecule has 0 aliphatic heterocycles. The third-order valence-electron chi connectivity index (χ3n) is 2.51. The molecule has 0 aromatic carbocycles. The Morgan fingerprint density at radius 3 is 2.53 bits per heavy atom. The first-order valence-electron chi connectivity index (χ1n) is 5.84. The van der Waals surface area contributed by atoms with Crippen molar-refractivity contribution in [2.24, 2.45) is 0 Å². The second-order valence-electron chi connectivity index (χ2n) is 3.91. The molecule has 0 atom stereocenters. The molecule has 0 bridgehead atoms. The Balaban J connectivity index is 0.00000196. The molecule has 0 aliphatic rings. The maximum absolute atomic E-state index is 2.31. The molecule has 0 N–H and O–H groups in total. The molecule has 1 aromatic rings. The summed E-state index contributed by atoms with van der Waals surface area (Å²) in [5.74, 6) is 0. The molecule has 0 saturated carbocycles. The average molecular weight is 228 g/mol. The summed E-state index contributed by atoms with van der Waals surface area (Å²) < 4.78 is 2.31. The van der Waals surface area contributed by atoms with Gasteiger partial charge in [-0.2, -0.15) is 0 Å². The number of hydrogen-bond donors (Lipinski definition) is 0. The molecule has 0 spiro atoms. The van der Waals surface area contributed by atoms with Gasteiger partial charge in [0.2, 0.25) is 0 Å². The number of aryl methyl sites for hydroxylation is 2. The van der Waals surface area contributed by atoms with Gasteiger partial charge < -0.3 is 12.4 Å². The van der Waals surface area contributed by atoms with Crippen LogP contribution in [0.2, 0.25) is 0 Å². The highest BCUT2D eigenvalue weighted by atomic mass is 35.5. The largest absolute Gasteiger partial charge is 1.00 e. The molecule has 15 heavy (non-hydrogen) atoms. The Morgan fingerprint density at radius 1 is 1.13 bits per heavy atom. The van der Waals surface area contributed by atoms with Gasteiger partial charge >= 0.3 is 0 Å². The van der Waals surface area contributed by atoms with E-state index in [0.717, 1.165) is 6.54 Å². The highest BCUT2D eigenvalue weighted by Crippen LogP contribution is 2.01. The molecule has 1 nitrogen and oxygen atoms in total. The Kier molecular flexibility index (Phi) is 8.40. The number of hydrogen-bond acceptors (Lipinski definition) is 0. The Hall–Kier alpha value is -0.560. The normalized spacial score (nSPS) is 9.73. The molecular weight excluding hydrogens is 206 g/mol. The second kappa shape index (κ2) is 8.72. The van der Waals surface area contributed by atoms with E-state index in [9.17, 15) is 0 Å². The molecule has 0 radical (unpaired) electrons. The summed E-state index contributed by atoms with van der Waals surface area (Å²) in [7, 11) is 0. The second-order valence-corrected chi connectivity index (χ2v) is 3.91. The number of nitrogens with zero attached hydrogens (tertiary/aromatic N) is 1. The monoisotopic (exact) mass is 227 g/mol. The van der Waals surface area contributed by atoms with Crippen molar-refractivity contribution in [2.75, 3.05) is 0 Å². The van der Waals surface area contributed by atoms with E-state index in [0.29, 0.717) is 0 Å². The van der Waals surface area contributed by atoms with Crippen LogP contribution < -0.4 is 17.0 Å². The van der Waals surface area contributed by atoms with Crippen LogP contribution in [0.5, 0.6) is 0 Å². The van der Waals surface area contributed by atoms with E-state index >= 15 is 0 Å². The maximum atomic E-state index is 2.31. The lowest BCUT2D eigenvalue weighted by atomic mass is 10.1. The predicted molar refractivity (Wildman–Crippen MR) is 60.2 cm³/mol. The molecule has 0 aliphatic carbocycles. The molecule has 0 saturated heterocycles. The summed E-state index contributed by atoms with van der Waals surface area (Å²) in [4.78, 5) is 0. The van der Waals surface area contributed by atoms with Gasteiger partial charge in [0.1, 0.15) is 6.54 Å². The van der Waals surface area contributed by atoms with Crippen LogP contribution in [0.3, 0.4) is 0 Å². The van der Waals surface area contributed by atoms with Crippen molar-refractivity contribution in [3.8, 4) is 0 Å². The number of pyridine rings is 1. The zero-order chi connectivity index (χ0) is 10.2. The first-order valence-corrected chi connectivity index (χ1v) is 5.84. The molecular formula is C13H22ClN. The van der Waals surface area contributed by atoms with Gasteiger partial charge in [-0.3, -0.25) is 0 Å². The first kappa shape index (κ1) is 14.4. The van der Waals surface area contributed by atoms with Crippen LogP contribution in [0, 0.1) is 0 Å². The van der Waals surface area contributed by atoms with Crippen LogP contribution in [-0.4, -0.2) is 0 Å². The van der Waals surface area contributed by atoms with Gasteiger partial charge in [0.25, 0.3) is 0 Å². The van der Waals surface area contributed by atoms with Crippen molar-refractivity contribution in [1.82, 2.24) is 0 Å². The molecule has 0 fully saturated rings. The van der Waals surface area contributed by atoms with Crippen molar-refractivity contribution in [1.29, 1.82) is 0 Å². The van der Waals surface area contributed by atoms with Crippen molar-refractivity contribution < 1.29 is 17.0 Å².